The minimum Gasteiger partial charge on any atom is -0.488 e. The summed E-state index contributed by atoms with van der Waals surface area (Å²) in [4.78, 5) is 7.83. The molecule has 6 heteroatoms. The Hall–Kier alpha value is -2.21. The summed E-state index contributed by atoms with van der Waals surface area (Å²) in [5.74, 6) is 0.523. The number of nitrogens with zero attached hydrogens (tertiary/aromatic N) is 2. The number of hydrogen-bond acceptors (Lipinski definition) is 5. The first-order chi connectivity index (χ1) is 9.17. The van der Waals surface area contributed by atoms with Crippen molar-refractivity contribution >= 4 is 5.95 Å². The van der Waals surface area contributed by atoms with Crippen molar-refractivity contribution in [1.29, 1.82) is 0 Å². The Labute approximate surface area is 109 Å². The minimum absolute atomic E-state index is 0.106. The monoisotopic (exact) mass is 260 g/mol. The Balaban J connectivity index is 2.10. The highest BCUT2D eigenvalue weighted by Gasteiger charge is 2.26. The molecule has 1 atom stereocenters. The molecule has 0 radical (unpaired) electrons. The number of nitrogens with two attached hydrogens (primary N) is 2. The van der Waals surface area contributed by atoms with Crippen molar-refractivity contribution in [3.05, 3.63) is 35.9 Å². The van der Waals surface area contributed by atoms with Gasteiger partial charge >= 0.3 is 0 Å². The third-order valence-corrected chi connectivity index (χ3v) is 3.11. The van der Waals surface area contributed by atoms with Gasteiger partial charge in [-0.2, -0.15) is 0 Å². The molecule has 0 fully saturated rings. The van der Waals surface area contributed by atoms with Crippen molar-refractivity contribution in [2.45, 2.75) is 12.5 Å². The molecule has 2 aromatic rings. The van der Waals surface area contributed by atoms with Gasteiger partial charge in [-0.25, -0.2) is 14.4 Å². The van der Waals surface area contributed by atoms with Crippen LogP contribution in [0.1, 0.15) is 5.56 Å². The van der Waals surface area contributed by atoms with Crippen LogP contribution >= 0.6 is 0 Å². The van der Waals surface area contributed by atoms with E-state index in [-0.39, 0.29) is 17.9 Å². The molecule has 0 spiro atoms. The van der Waals surface area contributed by atoms with Crippen molar-refractivity contribution in [1.82, 2.24) is 9.97 Å². The van der Waals surface area contributed by atoms with E-state index in [0.29, 0.717) is 29.8 Å². The topological polar surface area (TPSA) is 87.0 Å². The second-order valence-electron chi connectivity index (χ2n) is 4.45. The molecular weight excluding hydrogens is 247 g/mol. The van der Waals surface area contributed by atoms with Crippen LogP contribution in [-0.4, -0.2) is 22.6 Å². The third-order valence-electron chi connectivity index (χ3n) is 3.11. The molecule has 3 rings (SSSR count). The highest BCUT2D eigenvalue weighted by atomic mass is 19.1. The van der Waals surface area contributed by atoms with Crippen LogP contribution in [0.25, 0.3) is 11.1 Å². The number of rotatable bonds is 2. The summed E-state index contributed by atoms with van der Waals surface area (Å²) >= 11 is 0. The largest absolute Gasteiger partial charge is 0.488 e. The lowest BCUT2D eigenvalue weighted by Gasteiger charge is -2.10. The van der Waals surface area contributed by atoms with Gasteiger partial charge in [-0.3, -0.25) is 0 Å². The summed E-state index contributed by atoms with van der Waals surface area (Å²) in [5, 5.41) is 0. The Kier molecular flexibility index (Phi) is 2.79. The van der Waals surface area contributed by atoms with Gasteiger partial charge in [0.15, 0.2) is 0 Å². The van der Waals surface area contributed by atoms with E-state index in [1.54, 1.807) is 12.4 Å². The van der Waals surface area contributed by atoms with E-state index in [4.69, 9.17) is 16.2 Å². The maximum Gasteiger partial charge on any atom is 0.219 e. The van der Waals surface area contributed by atoms with Gasteiger partial charge < -0.3 is 16.2 Å². The average molecular weight is 260 g/mol. The van der Waals surface area contributed by atoms with Crippen LogP contribution < -0.4 is 16.2 Å². The number of fused-ring (bicyclic) bond motifs is 1. The molecule has 0 saturated heterocycles. The molecule has 1 aliphatic rings. The Morgan fingerprint density at radius 3 is 2.74 bits per heavy atom. The molecule has 1 aliphatic heterocycles. The molecule has 0 unspecified atom stereocenters. The summed E-state index contributed by atoms with van der Waals surface area (Å²) in [6.07, 6.45) is 3.62. The molecular formula is C13H13FN4O. The van der Waals surface area contributed by atoms with E-state index in [9.17, 15) is 4.39 Å². The van der Waals surface area contributed by atoms with Gasteiger partial charge in [-0.15, -0.1) is 0 Å². The number of nitrogen functional groups attached to an aromatic ring is 1. The molecule has 0 amide bonds. The highest BCUT2D eigenvalue weighted by molar-refractivity contribution is 5.72. The maximum absolute atomic E-state index is 13.7. The number of benzene rings is 1. The zero-order valence-electron chi connectivity index (χ0n) is 10.1. The van der Waals surface area contributed by atoms with Crippen LogP contribution in [0, 0.1) is 5.82 Å². The lowest BCUT2D eigenvalue weighted by Crippen LogP contribution is -2.24. The normalized spacial score (nSPS) is 17.1. The zero-order valence-corrected chi connectivity index (χ0v) is 10.1. The van der Waals surface area contributed by atoms with Crippen LogP contribution in [0.3, 0.4) is 0 Å². The summed E-state index contributed by atoms with van der Waals surface area (Å²) < 4.78 is 19.4. The van der Waals surface area contributed by atoms with Crippen molar-refractivity contribution < 1.29 is 9.13 Å². The number of ether oxygens (including phenoxy) is 1. The van der Waals surface area contributed by atoms with Gasteiger partial charge in [-0.1, -0.05) is 0 Å². The fourth-order valence-electron chi connectivity index (χ4n) is 2.22. The number of anilines is 1. The van der Waals surface area contributed by atoms with E-state index in [1.807, 2.05) is 0 Å². The molecule has 0 bridgehead atoms. The molecule has 98 valence electrons. The fourth-order valence-corrected chi connectivity index (χ4v) is 2.22. The predicted molar refractivity (Wildman–Crippen MR) is 69.0 cm³/mol. The van der Waals surface area contributed by atoms with Crippen LogP contribution in [0.15, 0.2) is 24.5 Å². The lowest BCUT2D eigenvalue weighted by atomic mass is 10.0. The first-order valence-electron chi connectivity index (χ1n) is 5.94. The van der Waals surface area contributed by atoms with Crippen LogP contribution in [0.4, 0.5) is 10.3 Å². The van der Waals surface area contributed by atoms with E-state index in [1.165, 1.54) is 12.1 Å². The van der Waals surface area contributed by atoms with Crippen LogP contribution in [0.5, 0.6) is 5.75 Å². The Morgan fingerprint density at radius 1 is 1.32 bits per heavy atom. The average Bonchev–Trinajstić information content (AvgIpc) is 2.81. The first-order valence-corrected chi connectivity index (χ1v) is 5.94. The summed E-state index contributed by atoms with van der Waals surface area (Å²) in [6.45, 7) is 0.397. The number of aromatic nitrogens is 2. The summed E-state index contributed by atoms with van der Waals surface area (Å²) in [7, 11) is 0. The van der Waals surface area contributed by atoms with Gasteiger partial charge in [0, 0.05) is 42.0 Å². The quantitative estimate of drug-likeness (QED) is 0.845. The number of halogens is 1. The predicted octanol–water partition coefficient (Wildman–Crippen LogP) is 1.13. The van der Waals surface area contributed by atoms with Gasteiger partial charge in [-0.05, 0) is 12.1 Å². The summed E-state index contributed by atoms with van der Waals surface area (Å²) in [6, 6.07) is 2.89. The second kappa shape index (κ2) is 4.47. The van der Waals surface area contributed by atoms with Crippen LogP contribution in [-0.2, 0) is 6.42 Å². The van der Waals surface area contributed by atoms with Gasteiger partial charge in [0.05, 0.1) is 0 Å². The van der Waals surface area contributed by atoms with Crippen molar-refractivity contribution in [2.75, 3.05) is 12.3 Å². The molecule has 5 nitrogen and oxygen atoms in total. The van der Waals surface area contributed by atoms with Gasteiger partial charge in [0.2, 0.25) is 5.95 Å². The number of hydrogen-bond donors (Lipinski definition) is 2. The Bertz CT molecular complexity index is 615. The standard InChI is InChI=1S/C13H13FN4O/c14-9-1-7-2-10(4-15)19-12(7)11(3-9)8-5-17-13(16)18-6-8/h1,3,5-6,10H,2,4,15H2,(H2,16,17,18)/t10-/m0/s1. The summed E-state index contributed by atoms with van der Waals surface area (Å²) in [5.41, 5.74) is 13.2. The molecule has 0 aliphatic carbocycles. The molecule has 1 aromatic carbocycles. The van der Waals surface area contributed by atoms with E-state index in [0.717, 1.165) is 5.56 Å². The SMILES string of the molecule is NC[C@@H]1Cc2cc(F)cc(-c3cnc(N)nc3)c2O1. The van der Waals surface area contributed by atoms with Crippen LogP contribution in [0.2, 0.25) is 0 Å². The van der Waals surface area contributed by atoms with Crippen molar-refractivity contribution in [2.24, 2.45) is 5.73 Å². The van der Waals surface area contributed by atoms with Gasteiger partial charge in [0.25, 0.3) is 0 Å². The molecule has 2 heterocycles. The highest BCUT2D eigenvalue weighted by Crippen LogP contribution is 2.39. The smallest absolute Gasteiger partial charge is 0.219 e. The van der Waals surface area contributed by atoms with E-state index in [2.05, 4.69) is 9.97 Å². The fraction of sp³-hybridized carbons (Fsp3) is 0.231. The molecule has 1 aromatic heterocycles. The van der Waals surface area contributed by atoms with Gasteiger partial charge in [0.1, 0.15) is 17.7 Å². The Morgan fingerprint density at radius 2 is 2.05 bits per heavy atom. The minimum atomic E-state index is -0.313. The second-order valence-corrected chi connectivity index (χ2v) is 4.45. The molecule has 19 heavy (non-hydrogen) atoms. The zero-order chi connectivity index (χ0) is 13.4. The van der Waals surface area contributed by atoms with Crippen molar-refractivity contribution in [3.63, 3.8) is 0 Å². The molecule has 0 saturated carbocycles. The van der Waals surface area contributed by atoms with Crippen molar-refractivity contribution in [3.8, 4) is 16.9 Å². The van der Waals surface area contributed by atoms with E-state index >= 15 is 0 Å². The maximum atomic E-state index is 13.7. The third kappa shape index (κ3) is 2.10. The lowest BCUT2D eigenvalue weighted by molar-refractivity contribution is 0.242. The molecule has 4 N–H and O–H groups in total. The van der Waals surface area contributed by atoms with E-state index < -0.39 is 0 Å². The first kappa shape index (κ1) is 11.9.